The Labute approximate surface area is 101 Å². The SMILES string of the molecule is Clc1ccc(-c2nncnc2Cl)c(Cl)c1. The van der Waals surface area contributed by atoms with E-state index in [4.69, 9.17) is 34.8 Å². The molecule has 1 heterocycles. The predicted octanol–water partition coefficient (Wildman–Crippen LogP) is 3.50. The summed E-state index contributed by atoms with van der Waals surface area (Å²) in [4.78, 5) is 3.82. The fourth-order valence-corrected chi connectivity index (χ4v) is 1.79. The van der Waals surface area contributed by atoms with Crippen LogP contribution in [0.25, 0.3) is 11.3 Å². The zero-order valence-electron chi connectivity index (χ0n) is 7.28. The minimum absolute atomic E-state index is 0.259. The minimum Gasteiger partial charge on any atom is -0.220 e. The molecule has 0 aliphatic carbocycles. The smallest absolute Gasteiger partial charge is 0.159 e. The van der Waals surface area contributed by atoms with E-state index in [0.29, 0.717) is 21.3 Å². The second-order valence-corrected chi connectivity index (χ2v) is 3.93. The Bertz CT molecular complexity index is 502. The predicted molar refractivity (Wildman–Crippen MR) is 60.3 cm³/mol. The number of hydrogen-bond acceptors (Lipinski definition) is 3. The highest BCUT2D eigenvalue weighted by Gasteiger charge is 2.10. The molecular formula is C9H4Cl3N3. The largest absolute Gasteiger partial charge is 0.220 e. The molecule has 0 aliphatic heterocycles. The number of halogens is 3. The van der Waals surface area contributed by atoms with Gasteiger partial charge in [-0.05, 0) is 18.2 Å². The van der Waals surface area contributed by atoms with E-state index in [1.165, 1.54) is 6.33 Å². The summed E-state index contributed by atoms with van der Waals surface area (Å²) in [7, 11) is 0. The molecule has 0 fully saturated rings. The van der Waals surface area contributed by atoms with Crippen molar-refractivity contribution in [2.24, 2.45) is 0 Å². The third-order valence-corrected chi connectivity index (χ3v) is 2.59. The highest BCUT2D eigenvalue weighted by molar-refractivity contribution is 6.37. The lowest BCUT2D eigenvalue weighted by Crippen LogP contribution is -1.91. The van der Waals surface area contributed by atoms with Crippen molar-refractivity contribution in [3.63, 3.8) is 0 Å². The molecule has 15 heavy (non-hydrogen) atoms. The third-order valence-electron chi connectivity index (χ3n) is 1.76. The van der Waals surface area contributed by atoms with E-state index >= 15 is 0 Å². The Balaban J connectivity index is 2.60. The van der Waals surface area contributed by atoms with Crippen LogP contribution in [0, 0.1) is 0 Å². The molecular weight excluding hydrogens is 256 g/mol. The first-order valence-electron chi connectivity index (χ1n) is 3.97. The standard InChI is InChI=1S/C9H4Cl3N3/c10-5-1-2-6(7(11)3-5)8-9(12)13-4-14-15-8/h1-4H. The van der Waals surface area contributed by atoms with Gasteiger partial charge in [-0.25, -0.2) is 4.98 Å². The molecule has 0 saturated carbocycles. The number of benzene rings is 1. The van der Waals surface area contributed by atoms with E-state index in [1.807, 2.05) is 0 Å². The van der Waals surface area contributed by atoms with Crippen LogP contribution in [0.2, 0.25) is 15.2 Å². The van der Waals surface area contributed by atoms with E-state index in [9.17, 15) is 0 Å². The number of hydrogen-bond donors (Lipinski definition) is 0. The molecule has 76 valence electrons. The summed E-state index contributed by atoms with van der Waals surface area (Å²) in [6.45, 7) is 0. The van der Waals surface area contributed by atoms with E-state index in [1.54, 1.807) is 18.2 Å². The summed E-state index contributed by atoms with van der Waals surface area (Å²) >= 11 is 17.6. The molecule has 2 aromatic rings. The van der Waals surface area contributed by atoms with Gasteiger partial charge in [0, 0.05) is 10.6 Å². The number of aromatic nitrogens is 3. The minimum atomic E-state index is 0.259. The van der Waals surface area contributed by atoms with Crippen molar-refractivity contribution in [1.29, 1.82) is 0 Å². The first-order chi connectivity index (χ1) is 7.18. The Morgan fingerprint density at radius 3 is 2.53 bits per heavy atom. The first-order valence-corrected chi connectivity index (χ1v) is 5.10. The molecule has 0 unspecified atom stereocenters. The van der Waals surface area contributed by atoms with Gasteiger partial charge in [0.25, 0.3) is 0 Å². The van der Waals surface area contributed by atoms with E-state index in [0.717, 1.165) is 0 Å². The molecule has 1 aromatic heterocycles. The summed E-state index contributed by atoms with van der Waals surface area (Å²) in [5.74, 6) is 0. The molecule has 0 N–H and O–H groups in total. The lowest BCUT2D eigenvalue weighted by Gasteiger charge is -2.03. The average molecular weight is 261 g/mol. The van der Waals surface area contributed by atoms with E-state index < -0.39 is 0 Å². The maximum absolute atomic E-state index is 6.00. The molecule has 0 saturated heterocycles. The van der Waals surface area contributed by atoms with Crippen LogP contribution in [0.4, 0.5) is 0 Å². The van der Waals surface area contributed by atoms with Gasteiger partial charge in [0.15, 0.2) is 5.15 Å². The summed E-state index contributed by atoms with van der Waals surface area (Å²) in [6.07, 6.45) is 1.27. The van der Waals surface area contributed by atoms with Gasteiger partial charge in [0.2, 0.25) is 0 Å². The lowest BCUT2D eigenvalue weighted by molar-refractivity contribution is 0.977. The van der Waals surface area contributed by atoms with Crippen LogP contribution < -0.4 is 0 Å². The Morgan fingerprint density at radius 1 is 1.07 bits per heavy atom. The summed E-state index contributed by atoms with van der Waals surface area (Å²) in [5, 5.41) is 8.79. The second-order valence-electron chi connectivity index (χ2n) is 2.72. The maximum atomic E-state index is 6.00. The van der Waals surface area contributed by atoms with Gasteiger partial charge < -0.3 is 0 Å². The van der Waals surface area contributed by atoms with Crippen LogP contribution >= 0.6 is 34.8 Å². The quantitative estimate of drug-likeness (QED) is 0.788. The molecule has 0 aliphatic rings. The Morgan fingerprint density at radius 2 is 1.87 bits per heavy atom. The molecule has 2 rings (SSSR count). The van der Waals surface area contributed by atoms with Crippen molar-refractivity contribution in [3.05, 3.63) is 39.7 Å². The topological polar surface area (TPSA) is 38.7 Å². The third kappa shape index (κ3) is 2.20. The zero-order valence-corrected chi connectivity index (χ0v) is 9.55. The van der Waals surface area contributed by atoms with E-state index in [-0.39, 0.29) is 5.15 Å². The summed E-state index contributed by atoms with van der Waals surface area (Å²) < 4.78 is 0. The van der Waals surface area contributed by atoms with Crippen LogP contribution in [-0.4, -0.2) is 15.2 Å². The normalized spacial score (nSPS) is 10.3. The van der Waals surface area contributed by atoms with Gasteiger partial charge in [0.1, 0.15) is 12.0 Å². The fraction of sp³-hybridized carbons (Fsp3) is 0. The average Bonchev–Trinajstić information content (AvgIpc) is 2.20. The first kappa shape index (κ1) is 10.6. The van der Waals surface area contributed by atoms with Crippen LogP contribution in [-0.2, 0) is 0 Å². The summed E-state index contributed by atoms with van der Waals surface area (Å²) in [5.41, 5.74) is 1.10. The highest BCUT2D eigenvalue weighted by atomic mass is 35.5. The fourth-order valence-electron chi connectivity index (χ4n) is 1.11. The van der Waals surface area contributed by atoms with Crippen molar-refractivity contribution >= 4 is 34.8 Å². The van der Waals surface area contributed by atoms with Crippen molar-refractivity contribution in [2.75, 3.05) is 0 Å². The summed E-state index contributed by atoms with van der Waals surface area (Å²) in [6, 6.07) is 5.04. The molecule has 0 amide bonds. The van der Waals surface area contributed by atoms with Crippen LogP contribution in [0.5, 0.6) is 0 Å². The van der Waals surface area contributed by atoms with Gasteiger partial charge in [-0.15, -0.1) is 10.2 Å². The zero-order chi connectivity index (χ0) is 10.8. The molecule has 1 aromatic carbocycles. The maximum Gasteiger partial charge on any atom is 0.159 e. The van der Waals surface area contributed by atoms with Crippen molar-refractivity contribution in [2.45, 2.75) is 0 Å². The number of nitrogens with zero attached hydrogens (tertiary/aromatic N) is 3. The lowest BCUT2D eigenvalue weighted by atomic mass is 10.2. The molecule has 3 nitrogen and oxygen atoms in total. The molecule has 0 radical (unpaired) electrons. The van der Waals surface area contributed by atoms with E-state index in [2.05, 4.69) is 15.2 Å². The van der Waals surface area contributed by atoms with Crippen molar-refractivity contribution < 1.29 is 0 Å². The second kappa shape index (κ2) is 4.31. The van der Waals surface area contributed by atoms with Crippen molar-refractivity contribution in [3.8, 4) is 11.3 Å². The van der Waals surface area contributed by atoms with Gasteiger partial charge in [0.05, 0.1) is 5.02 Å². The Kier molecular flexibility index (Phi) is 3.05. The van der Waals surface area contributed by atoms with Gasteiger partial charge in [-0.1, -0.05) is 34.8 Å². The number of rotatable bonds is 1. The van der Waals surface area contributed by atoms with Crippen LogP contribution in [0.1, 0.15) is 0 Å². The Hall–Kier alpha value is -0.900. The van der Waals surface area contributed by atoms with Crippen molar-refractivity contribution in [1.82, 2.24) is 15.2 Å². The molecule has 0 spiro atoms. The highest BCUT2D eigenvalue weighted by Crippen LogP contribution is 2.31. The van der Waals surface area contributed by atoms with Gasteiger partial charge in [-0.3, -0.25) is 0 Å². The van der Waals surface area contributed by atoms with Crippen LogP contribution in [0.15, 0.2) is 24.5 Å². The van der Waals surface area contributed by atoms with Gasteiger partial charge in [-0.2, -0.15) is 0 Å². The van der Waals surface area contributed by atoms with Crippen LogP contribution in [0.3, 0.4) is 0 Å². The van der Waals surface area contributed by atoms with Gasteiger partial charge >= 0.3 is 0 Å². The molecule has 0 atom stereocenters. The molecule has 0 bridgehead atoms. The monoisotopic (exact) mass is 259 g/mol. The molecule has 6 heteroatoms.